The van der Waals surface area contributed by atoms with E-state index in [1.54, 1.807) is 56.3 Å². The Morgan fingerprint density at radius 1 is 1.19 bits per heavy atom. The molecule has 26 heavy (non-hydrogen) atoms. The van der Waals surface area contributed by atoms with Crippen molar-refractivity contribution >= 4 is 22.7 Å². The molecule has 0 radical (unpaired) electrons. The number of carbonyl (C=O) groups excluding carboxylic acids is 1. The minimum Gasteiger partial charge on any atom is -0.508 e. The number of aryl methyl sites for hydroxylation is 1. The molecule has 2 N–H and O–H groups in total. The van der Waals surface area contributed by atoms with Gasteiger partial charge >= 0.3 is 0 Å². The van der Waals surface area contributed by atoms with Gasteiger partial charge < -0.3 is 5.11 Å². The topological polar surface area (TPSA) is 96.6 Å². The smallest absolute Gasteiger partial charge is 0.272 e. The van der Waals surface area contributed by atoms with Gasteiger partial charge in [0.1, 0.15) is 18.0 Å². The Morgan fingerprint density at radius 3 is 2.62 bits per heavy atom. The lowest BCUT2D eigenvalue weighted by atomic mass is 10.1. The zero-order valence-corrected chi connectivity index (χ0v) is 14.4. The second-order valence-electron chi connectivity index (χ2n) is 5.86. The predicted octanol–water partition coefficient (Wildman–Crippen LogP) is 1.95. The lowest BCUT2D eigenvalue weighted by Crippen LogP contribution is -2.32. The predicted molar refractivity (Wildman–Crippen MR) is 99.2 cm³/mol. The molecule has 7 nitrogen and oxygen atoms in total. The van der Waals surface area contributed by atoms with Crippen LogP contribution in [0.1, 0.15) is 18.2 Å². The molecule has 132 valence electrons. The summed E-state index contributed by atoms with van der Waals surface area (Å²) >= 11 is 0. The van der Waals surface area contributed by atoms with E-state index in [-0.39, 0.29) is 17.9 Å². The van der Waals surface area contributed by atoms with E-state index < -0.39 is 5.91 Å². The molecule has 3 rings (SSSR count). The van der Waals surface area contributed by atoms with Crippen molar-refractivity contribution in [2.24, 2.45) is 5.10 Å². The fourth-order valence-electron chi connectivity index (χ4n) is 2.57. The van der Waals surface area contributed by atoms with E-state index in [0.717, 1.165) is 5.56 Å². The molecule has 0 atom stereocenters. The first-order valence-corrected chi connectivity index (χ1v) is 8.04. The third-order valence-corrected chi connectivity index (χ3v) is 3.95. The van der Waals surface area contributed by atoms with E-state index in [0.29, 0.717) is 22.4 Å². The normalized spacial score (nSPS) is 11.5. The fourth-order valence-corrected chi connectivity index (χ4v) is 2.57. The largest absolute Gasteiger partial charge is 0.508 e. The fraction of sp³-hybridized carbons (Fsp3) is 0.158. The molecule has 1 aromatic heterocycles. The molecule has 2 aromatic carbocycles. The van der Waals surface area contributed by atoms with Gasteiger partial charge in [-0.05, 0) is 55.8 Å². The number of nitrogens with zero attached hydrogens (tertiary/aromatic N) is 3. The number of rotatable bonds is 4. The summed E-state index contributed by atoms with van der Waals surface area (Å²) in [4.78, 5) is 28.9. The monoisotopic (exact) mass is 350 g/mol. The number of hydrogen-bond donors (Lipinski definition) is 2. The van der Waals surface area contributed by atoms with E-state index in [4.69, 9.17) is 0 Å². The number of phenolic OH excluding ortho intramolecular Hbond substituents is 1. The standard InChI is InChI=1S/C19H18N4O3/c1-12(14-7-9-15(24)10-8-14)21-22-18(25)11-23-17-6-4-3-5-16(17)20-13(2)19(23)26/h3-10,24H,11H2,1-2H3,(H,22,25)/b21-12+. The number of nitrogens with one attached hydrogen (secondary N) is 1. The molecule has 0 saturated heterocycles. The Bertz CT molecular complexity index is 1050. The molecule has 3 aromatic rings. The average Bonchev–Trinajstić information content (AvgIpc) is 2.64. The summed E-state index contributed by atoms with van der Waals surface area (Å²) in [6, 6.07) is 13.7. The van der Waals surface area contributed by atoms with Crippen molar-refractivity contribution < 1.29 is 9.90 Å². The van der Waals surface area contributed by atoms with Gasteiger partial charge in [-0.25, -0.2) is 10.4 Å². The molecule has 0 unspecified atom stereocenters. The molecular weight excluding hydrogens is 332 g/mol. The van der Waals surface area contributed by atoms with Crippen LogP contribution in [0.3, 0.4) is 0 Å². The van der Waals surface area contributed by atoms with E-state index in [9.17, 15) is 14.7 Å². The molecule has 1 heterocycles. The summed E-state index contributed by atoms with van der Waals surface area (Å²) in [5, 5.41) is 13.4. The molecule has 7 heteroatoms. The second kappa shape index (κ2) is 7.18. The first-order chi connectivity index (χ1) is 12.5. The van der Waals surface area contributed by atoms with Gasteiger partial charge in [0.05, 0.1) is 16.7 Å². The molecule has 0 saturated carbocycles. The maximum Gasteiger partial charge on any atom is 0.272 e. The highest BCUT2D eigenvalue weighted by Gasteiger charge is 2.11. The van der Waals surface area contributed by atoms with Crippen molar-refractivity contribution in [2.45, 2.75) is 20.4 Å². The van der Waals surface area contributed by atoms with Crippen LogP contribution in [-0.2, 0) is 11.3 Å². The van der Waals surface area contributed by atoms with Crippen molar-refractivity contribution in [1.82, 2.24) is 15.0 Å². The minimum atomic E-state index is -0.416. The Labute approximate surface area is 149 Å². The first-order valence-electron chi connectivity index (χ1n) is 8.04. The van der Waals surface area contributed by atoms with Gasteiger partial charge in [0.15, 0.2) is 0 Å². The maximum absolute atomic E-state index is 12.4. The van der Waals surface area contributed by atoms with Crippen LogP contribution in [-0.4, -0.2) is 26.3 Å². The zero-order valence-electron chi connectivity index (χ0n) is 14.4. The zero-order chi connectivity index (χ0) is 18.7. The third kappa shape index (κ3) is 3.61. The highest BCUT2D eigenvalue weighted by atomic mass is 16.3. The lowest BCUT2D eigenvalue weighted by molar-refractivity contribution is -0.121. The summed E-state index contributed by atoms with van der Waals surface area (Å²) in [7, 11) is 0. The molecule has 0 fully saturated rings. The minimum absolute atomic E-state index is 0.157. The number of hydrazone groups is 1. The van der Waals surface area contributed by atoms with E-state index in [2.05, 4.69) is 15.5 Å². The maximum atomic E-state index is 12.4. The van der Waals surface area contributed by atoms with Crippen LogP contribution >= 0.6 is 0 Å². The van der Waals surface area contributed by atoms with Crippen molar-refractivity contribution in [3.8, 4) is 5.75 Å². The molecule has 1 amide bonds. The van der Waals surface area contributed by atoms with Gasteiger partial charge in [0.2, 0.25) is 0 Å². The Balaban J connectivity index is 1.81. The second-order valence-corrected chi connectivity index (χ2v) is 5.86. The van der Waals surface area contributed by atoms with Gasteiger partial charge in [-0.2, -0.15) is 5.10 Å². The summed E-state index contributed by atoms with van der Waals surface area (Å²) in [5.74, 6) is -0.258. The van der Waals surface area contributed by atoms with Gasteiger partial charge in [0.25, 0.3) is 11.5 Å². The Hall–Kier alpha value is -3.48. The molecular formula is C19H18N4O3. The average molecular weight is 350 g/mol. The lowest BCUT2D eigenvalue weighted by Gasteiger charge is -2.10. The van der Waals surface area contributed by atoms with Crippen LogP contribution in [0.5, 0.6) is 5.75 Å². The Morgan fingerprint density at radius 2 is 1.88 bits per heavy atom. The van der Waals surface area contributed by atoms with Crippen molar-refractivity contribution in [3.05, 3.63) is 70.1 Å². The first kappa shape index (κ1) is 17.3. The number of phenols is 1. The van der Waals surface area contributed by atoms with Crippen LogP contribution in [0, 0.1) is 6.92 Å². The van der Waals surface area contributed by atoms with Crippen LogP contribution in [0.4, 0.5) is 0 Å². The third-order valence-electron chi connectivity index (χ3n) is 3.95. The molecule has 0 aliphatic rings. The number of aromatic hydroxyl groups is 1. The molecule has 0 spiro atoms. The summed E-state index contributed by atoms with van der Waals surface area (Å²) < 4.78 is 1.39. The number of amides is 1. The van der Waals surface area contributed by atoms with E-state index >= 15 is 0 Å². The summed E-state index contributed by atoms with van der Waals surface area (Å²) in [5.41, 5.74) is 5.09. The number of benzene rings is 2. The van der Waals surface area contributed by atoms with Gasteiger partial charge in [-0.15, -0.1) is 0 Å². The number of aromatic nitrogens is 2. The number of carbonyl (C=O) groups is 1. The van der Waals surface area contributed by atoms with Crippen molar-refractivity contribution in [2.75, 3.05) is 0 Å². The molecule has 0 bridgehead atoms. The van der Waals surface area contributed by atoms with Crippen LogP contribution in [0.2, 0.25) is 0 Å². The van der Waals surface area contributed by atoms with Crippen LogP contribution < -0.4 is 11.0 Å². The Kier molecular flexibility index (Phi) is 4.79. The SMILES string of the molecule is C/C(=N\NC(=O)Cn1c(=O)c(C)nc2ccccc21)c1ccc(O)cc1. The van der Waals surface area contributed by atoms with Crippen molar-refractivity contribution in [3.63, 3.8) is 0 Å². The number of hydrogen-bond acceptors (Lipinski definition) is 5. The van der Waals surface area contributed by atoms with Crippen LogP contribution in [0.25, 0.3) is 11.0 Å². The highest BCUT2D eigenvalue weighted by molar-refractivity contribution is 5.99. The van der Waals surface area contributed by atoms with Gasteiger partial charge in [-0.3, -0.25) is 14.2 Å². The molecule has 0 aliphatic carbocycles. The van der Waals surface area contributed by atoms with E-state index in [1.807, 2.05) is 6.07 Å². The summed E-state index contributed by atoms with van der Waals surface area (Å²) in [6.45, 7) is 3.20. The number of para-hydroxylation sites is 2. The molecule has 0 aliphatic heterocycles. The van der Waals surface area contributed by atoms with E-state index in [1.165, 1.54) is 4.57 Å². The van der Waals surface area contributed by atoms with Crippen molar-refractivity contribution in [1.29, 1.82) is 0 Å². The quantitative estimate of drug-likeness (QED) is 0.555. The summed E-state index contributed by atoms with van der Waals surface area (Å²) in [6.07, 6.45) is 0. The highest BCUT2D eigenvalue weighted by Crippen LogP contribution is 2.11. The van der Waals surface area contributed by atoms with Gasteiger partial charge in [-0.1, -0.05) is 12.1 Å². The number of fused-ring (bicyclic) bond motifs is 1. The van der Waals surface area contributed by atoms with Gasteiger partial charge in [0, 0.05) is 0 Å². The van der Waals surface area contributed by atoms with Crippen LogP contribution in [0.15, 0.2) is 58.4 Å².